The zero-order valence-corrected chi connectivity index (χ0v) is 8.78. The number of ketones is 1. The summed E-state index contributed by atoms with van der Waals surface area (Å²) in [4.78, 5) is 24.1. The maximum absolute atomic E-state index is 11.3. The highest BCUT2D eigenvalue weighted by Crippen LogP contribution is 2.17. The second kappa shape index (κ2) is 4.98. The molecular formula is C10H17NO3. The zero-order valence-electron chi connectivity index (χ0n) is 8.78. The summed E-state index contributed by atoms with van der Waals surface area (Å²) >= 11 is 0. The molecule has 0 aromatic carbocycles. The average molecular weight is 199 g/mol. The van der Waals surface area contributed by atoms with Crippen LogP contribution in [0.25, 0.3) is 0 Å². The van der Waals surface area contributed by atoms with Gasteiger partial charge in [-0.15, -0.1) is 0 Å². The first-order valence-corrected chi connectivity index (χ1v) is 4.98. The second-order valence-corrected chi connectivity index (χ2v) is 3.72. The van der Waals surface area contributed by atoms with Crippen molar-refractivity contribution in [1.82, 2.24) is 4.90 Å². The molecule has 1 amide bonds. The molecule has 1 heterocycles. The molecular weight excluding hydrogens is 182 g/mol. The Bertz CT molecular complexity index is 227. The normalized spacial score (nSPS) is 22.7. The van der Waals surface area contributed by atoms with Crippen molar-refractivity contribution in [2.24, 2.45) is 5.92 Å². The number of likely N-dealkylation sites (tertiary alicyclic amines) is 1. The van der Waals surface area contributed by atoms with Gasteiger partial charge in [-0.25, -0.2) is 4.79 Å². The molecule has 80 valence electrons. The van der Waals surface area contributed by atoms with Crippen LogP contribution in [-0.2, 0) is 9.53 Å². The van der Waals surface area contributed by atoms with Crippen LogP contribution < -0.4 is 0 Å². The Balaban J connectivity index is 2.59. The van der Waals surface area contributed by atoms with Crippen LogP contribution in [0.3, 0.4) is 0 Å². The number of Topliss-reactive ketones (excluding diaryl/α,β-unsaturated/α-hetero) is 1. The Kier molecular flexibility index (Phi) is 3.92. The Morgan fingerprint density at radius 2 is 2.07 bits per heavy atom. The van der Waals surface area contributed by atoms with E-state index in [0.717, 1.165) is 19.3 Å². The molecule has 1 unspecified atom stereocenters. The fourth-order valence-electron chi connectivity index (χ4n) is 1.77. The number of rotatable bonds is 1. The highest BCUT2D eigenvalue weighted by Gasteiger charge is 2.24. The fraction of sp³-hybridized carbons (Fsp3) is 0.800. The smallest absolute Gasteiger partial charge is 0.409 e. The summed E-state index contributed by atoms with van der Waals surface area (Å²) in [7, 11) is 1.37. The predicted octanol–water partition coefficient (Wildman–Crippen LogP) is 1.44. The summed E-state index contributed by atoms with van der Waals surface area (Å²) in [5.41, 5.74) is 0. The molecule has 1 saturated heterocycles. The van der Waals surface area contributed by atoms with Gasteiger partial charge in [0.05, 0.1) is 7.11 Å². The van der Waals surface area contributed by atoms with E-state index in [4.69, 9.17) is 0 Å². The lowest BCUT2D eigenvalue weighted by atomic mass is 10.00. The Morgan fingerprint density at radius 1 is 1.36 bits per heavy atom. The summed E-state index contributed by atoms with van der Waals surface area (Å²) in [6.45, 7) is 2.81. The van der Waals surface area contributed by atoms with E-state index in [9.17, 15) is 9.59 Å². The Hall–Kier alpha value is -1.06. The van der Waals surface area contributed by atoms with Gasteiger partial charge >= 0.3 is 6.09 Å². The maximum atomic E-state index is 11.3. The molecule has 4 nitrogen and oxygen atoms in total. The van der Waals surface area contributed by atoms with E-state index in [1.165, 1.54) is 7.11 Å². The lowest BCUT2D eigenvalue weighted by Gasteiger charge is -2.21. The van der Waals surface area contributed by atoms with Crippen molar-refractivity contribution in [2.75, 3.05) is 20.2 Å². The van der Waals surface area contributed by atoms with Gasteiger partial charge in [-0.1, -0.05) is 6.42 Å². The van der Waals surface area contributed by atoms with Crippen LogP contribution in [0.1, 0.15) is 26.2 Å². The van der Waals surface area contributed by atoms with Gasteiger partial charge in [-0.2, -0.15) is 0 Å². The molecule has 0 aromatic heterocycles. The van der Waals surface area contributed by atoms with E-state index in [2.05, 4.69) is 4.74 Å². The summed E-state index contributed by atoms with van der Waals surface area (Å²) in [6, 6.07) is 0. The van der Waals surface area contributed by atoms with Gasteiger partial charge in [0.25, 0.3) is 0 Å². The third-order valence-corrected chi connectivity index (χ3v) is 2.68. The first kappa shape index (κ1) is 11.0. The molecule has 1 aliphatic rings. The number of methoxy groups -OCH3 is 1. The number of carbonyl (C=O) groups excluding carboxylic acids is 2. The molecule has 0 bridgehead atoms. The third kappa shape index (κ3) is 2.72. The Labute approximate surface area is 84.2 Å². The van der Waals surface area contributed by atoms with E-state index >= 15 is 0 Å². The van der Waals surface area contributed by atoms with Crippen LogP contribution in [0.5, 0.6) is 0 Å². The molecule has 0 aliphatic carbocycles. The standard InChI is InChI=1S/C10H17NO3/c1-8(12)9-5-3-4-6-11(7-9)10(13)14-2/h9H,3-7H2,1-2H3. The van der Waals surface area contributed by atoms with Crippen molar-refractivity contribution in [3.8, 4) is 0 Å². The quantitative estimate of drug-likeness (QED) is 0.642. The minimum absolute atomic E-state index is 0.00315. The van der Waals surface area contributed by atoms with E-state index < -0.39 is 0 Å². The first-order chi connectivity index (χ1) is 6.65. The van der Waals surface area contributed by atoms with Crippen LogP contribution in [0.15, 0.2) is 0 Å². The summed E-state index contributed by atoms with van der Waals surface area (Å²) in [6.07, 6.45) is 2.54. The van der Waals surface area contributed by atoms with Crippen LogP contribution in [0.4, 0.5) is 4.79 Å². The lowest BCUT2D eigenvalue weighted by molar-refractivity contribution is -0.121. The van der Waals surface area contributed by atoms with E-state index in [0.29, 0.717) is 13.1 Å². The second-order valence-electron chi connectivity index (χ2n) is 3.72. The summed E-state index contributed by atoms with van der Waals surface area (Å²) in [5.74, 6) is 0.164. The molecule has 14 heavy (non-hydrogen) atoms. The number of hydrogen-bond acceptors (Lipinski definition) is 3. The first-order valence-electron chi connectivity index (χ1n) is 4.98. The molecule has 0 saturated carbocycles. The van der Waals surface area contributed by atoms with E-state index in [1.807, 2.05) is 0 Å². The monoisotopic (exact) mass is 199 g/mol. The van der Waals surface area contributed by atoms with Crippen LogP contribution in [0.2, 0.25) is 0 Å². The largest absolute Gasteiger partial charge is 0.453 e. The van der Waals surface area contributed by atoms with Gasteiger partial charge in [0.15, 0.2) is 0 Å². The van der Waals surface area contributed by atoms with Crippen molar-refractivity contribution in [1.29, 1.82) is 0 Å². The summed E-state index contributed by atoms with van der Waals surface area (Å²) in [5, 5.41) is 0. The van der Waals surface area contributed by atoms with E-state index in [1.54, 1.807) is 11.8 Å². The molecule has 0 spiro atoms. The van der Waals surface area contributed by atoms with Crippen LogP contribution >= 0.6 is 0 Å². The molecule has 1 rings (SSSR count). The minimum atomic E-state index is -0.321. The molecule has 0 radical (unpaired) electrons. The number of hydrogen-bond donors (Lipinski definition) is 0. The number of carbonyl (C=O) groups is 2. The van der Waals surface area contributed by atoms with Gasteiger partial charge in [0.1, 0.15) is 5.78 Å². The number of amides is 1. The number of ether oxygens (including phenoxy) is 1. The van der Waals surface area contributed by atoms with Crippen molar-refractivity contribution in [2.45, 2.75) is 26.2 Å². The number of nitrogens with zero attached hydrogens (tertiary/aromatic N) is 1. The predicted molar refractivity (Wildman–Crippen MR) is 52.0 cm³/mol. The van der Waals surface area contributed by atoms with Gasteiger partial charge in [0.2, 0.25) is 0 Å². The molecule has 1 atom stereocenters. The van der Waals surface area contributed by atoms with Gasteiger partial charge in [0, 0.05) is 19.0 Å². The Morgan fingerprint density at radius 3 is 2.64 bits per heavy atom. The minimum Gasteiger partial charge on any atom is -0.453 e. The van der Waals surface area contributed by atoms with E-state index in [-0.39, 0.29) is 17.8 Å². The van der Waals surface area contributed by atoms with Gasteiger partial charge < -0.3 is 9.64 Å². The molecule has 0 aromatic rings. The maximum Gasteiger partial charge on any atom is 0.409 e. The van der Waals surface area contributed by atoms with Crippen LogP contribution in [-0.4, -0.2) is 37.0 Å². The SMILES string of the molecule is COC(=O)N1CCCCC(C(C)=O)C1. The van der Waals surface area contributed by atoms with Crippen molar-refractivity contribution in [3.63, 3.8) is 0 Å². The highest BCUT2D eigenvalue weighted by atomic mass is 16.5. The summed E-state index contributed by atoms with van der Waals surface area (Å²) < 4.78 is 4.65. The van der Waals surface area contributed by atoms with Crippen molar-refractivity contribution in [3.05, 3.63) is 0 Å². The fourth-order valence-corrected chi connectivity index (χ4v) is 1.77. The average Bonchev–Trinajstić information content (AvgIpc) is 2.41. The molecule has 1 aliphatic heterocycles. The molecule has 1 fully saturated rings. The lowest BCUT2D eigenvalue weighted by Crippen LogP contribution is -2.36. The van der Waals surface area contributed by atoms with Crippen LogP contribution in [0, 0.1) is 5.92 Å². The van der Waals surface area contributed by atoms with Gasteiger partial charge in [-0.05, 0) is 19.8 Å². The van der Waals surface area contributed by atoms with Crippen molar-refractivity contribution >= 4 is 11.9 Å². The molecule has 4 heteroatoms. The topological polar surface area (TPSA) is 46.6 Å². The van der Waals surface area contributed by atoms with Gasteiger partial charge in [-0.3, -0.25) is 4.79 Å². The molecule has 0 N–H and O–H groups in total. The van der Waals surface area contributed by atoms with Crippen molar-refractivity contribution < 1.29 is 14.3 Å². The highest BCUT2D eigenvalue weighted by molar-refractivity contribution is 5.79. The third-order valence-electron chi connectivity index (χ3n) is 2.68. The zero-order chi connectivity index (χ0) is 10.6.